The molecule has 2 heterocycles. The first-order valence-corrected chi connectivity index (χ1v) is 20.5. The van der Waals surface area contributed by atoms with Crippen molar-refractivity contribution in [2.24, 2.45) is 10.9 Å². The molecule has 1 aromatic heterocycles. The van der Waals surface area contributed by atoms with Crippen LogP contribution in [0.2, 0.25) is 25.7 Å². The number of nitriles is 1. The molecule has 14 heteroatoms. The standard InChI is InChI=1S/C35H43F2N5O5SSi/c1-22(43)19-40-30(44)35-17-29(35)34(5,25-15-23(9-11-26(25)36)16-27(37)28-12-10-24(18-38)20-39-28)41-31(48-35)42(32(45)47-33(2,3)4)21-46-13-14-49(6,7)8/h9-12,15-16,20,29H,13-14,17,19,21H2,1-8H3,(H,40,44)/b27-16-/t29-,34+,35-/m0/s1. The third-order valence-electron chi connectivity index (χ3n) is 8.10. The fourth-order valence-corrected chi connectivity index (χ4v) is 7.71. The third kappa shape index (κ3) is 9.20. The molecule has 1 aliphatic heterocycles. The first-order chi connectivity index (χ1) is 22.8. The summed E-state index contributed by atoms with van der Waals surface area (Å²) >= 11 is 1.07. The van der Waals surface area contributed by atoms with Crippen LogP contribution in [0.15, 0.2) is 41.5 Å². The number of Topliss-reactive ketones (excluding diaryl/α,β-unsaturated/α-hetero) is 1. The highest BCUT2D eigenvalue weighted by Gasteiger charge is 2.71. The highest BCUT2D eigenvalue weighted by Crippen LogP contribution is 2.66. The number of nitrogens with one attached hydrogen (secondary N) is 1. The number of amidine groups is 1. The molecule has 0 spiro atoms. The SMILES string of the molecule is CC(=O)CNC(=O)[C@]12C[C@H]1[C@@](C)(c1cc(/C=C(\F)c3ccc(C#N)cn3)ccc1F)N=C(N(COCC[Si](C)(C)C)C(=O)OC(C)(C)C)S2. The van der Waals surface area contributed by atoms with Crippen molar-refractivity contribution in [3.8, 4) is 6.07 Å². The highest BCUT2D eigenvalue weighted by molar-refractivity contribution is 8.16. The van der Waals surface area contributed by atoms with Crippen LogP contribution >= 0.6 is 11.8 Å². The molecule has 1 N–H and O–H groups in total. The summed E-state index contributed by atoms with van der Waals surface area (Å²) in [5.74, 6) is -2.55. The number of carbonyl (C=O) groups is 3. The number of fused-ring (bicyclic) bond motifs is 1. The topological polar surface area (TPSA) is 134 Å². The Morgan fingerprint density at radius 2 is 1.94 bits per heavy atom. The van der Waals surface area contributed by atoms with Crippen LogP contribution in [-0.4, -0.2) is 71.1 Å². The lowest BCUT2D eigenvalue weighted by Crippen LogP contribution is -2.49. The molecular formula is C35H43F2N5O5SSi. The molecule has 3 atom stereocenters. The maximum atomic E-state index is 15.9. The van der Waals surface area contributed by atoms with Crippen molar-refractivity contribution in [2.75, 3.05) is 19.9 Å². The summed E-state index contributed by atoms with van der Waals surface area (Å²) in [6.07, 6.45) is 1.97. The van der Waals surface area contributed by atoms with Crippen LogP contribution in [0.5, 0.6) is 0 Å². The Kier molecular flexibility index (Phi) is 11.2. The third-order valence-corrected chi connectivity index (χ3v) is 11.3. The second kappa shape index (κ2) is 14.5. The second-order valence-electron chi connectivity index (χ2n) is 14.7. The minimum Gasteiger partial charge on any atom is -0.443 e. The van der Waals surface area contributed by atoms with Crippen molar-refractivity contribution >= 4 is 54.7 Å². The van der Waals surface area contributed by atoms with E-state index in [4.69, 9.17) is 19.7 Å². The zero-order valence-electron chi connectivity index (χ0n) is 29.1. The Morgan fingerprint density at radius 1 is 1.22 bits per heavy atom. The van der Waals surface area contributed by atoms with Crippen molar-refractivity contribution in [2.45, 2.75) is 82.6 Å². The zero-order valence-corrected chi connectivity index (χ0v) is 31.0. The first kappa shape index (κ1) is 37.9. The second-order valence-corrected chi connectivity index (χ2v) is 21.6. The van der Waals surface area contributed by atoms with Crippen LogP contribution in [0.3, 0.4) is 0 Å². The normalized spacial score (nSPS) is 21.9. The number of thioether (sulfide) groups is 1. The van der Waals surface area contributed by atoms with E-state index in [0.29, 0.717) is 12.2 Å². The number of halogens is 2. The number of hydrogen-bond donors (Lipinski definition) is 1. The number of aromatic nitrogens is 1. The fourth-order valence-electron chi connectivity index (χ4n) is 5.37. The van der Waals surface area contributed by atoms with Gasteiger partial charge in [-0.3, -0.25) is 19.6 Å². The lowest BCUT2D eigenvalue weighted by Gasteiger charge is -2.37. The number of benzene rings is 1. The number of aliphatic imine (C=N–C) groups is 1. The van der Waals surface area contributed by atoms with E-state index in [1.165, 1.54) is 54.4 Å². The molecule has 0 unspecified atom stereocenters. The predicted molar refractivity (Wildman–Crippen MR) is 188 cm³/mol. The van der Waals surface area contributed by atoms with Crippen LogP contribution in [0.1, 0.15) is 63.4 Å². The molecule has 0 bridgehead atoms. The van der Waals surface area contributed by atoms with Gasteiger partial charge in [0.1, 0.15) is 40.6 Å². The van der Waals surface area contributed by atoms with Gasteiger partial charge in [-0.05, 0) is 83.0 Å². The Morgan fingerprint density at radius 3 is 2.53 bits per heavy atom. The Balaban J connectivity index is 1.80. The van der Waals surface area contributed by atoms with Crippen LogP contribution in [0.4, 0.5) is 13.6 Å². The van der Waals surface area contributed by atoms with Crippen LogP contribution < -0.4 is 5.32 Å². The number of rotatable bonds is 11. The maximum Gasteiger partial charge on any atom is 0.418 e. The summed E-state index contributed by atoms with van der Waals surface area (Å²) < 4.78 is 41.7. The minimum absolute atomic E-state index is 0.00376. The summed E-state index contributed by atoms with van der Waals surface area (Å²) in [6, 6.07) is 9.67. The van der Waals surface area contributed by atoms with Crippen molar-refractivity contribution in [1.82, 2.24) is 15.2 Å². The number of amides is 2. The molecule has 0 saturated heterocycles. The highest BCUT2D eigenvalue weighted by atomic mass is 32.2. The number of carbonyl (C=O) groups excluding carboxylic acids is 3. The van der Waals surface area contributed by atoms with Crippen molar-refractivity contribution in [3.05, 3.63) is 64.7 Å². The van der Waals surface area contributed by atoms with Gasteiger partial charge in [-0.15, -0.1) is 0 Å². The molecule has 2 aromatic rings. The van der Waals surface area contributed by atoms with Gasteiger partial charge in [-0.1, -0.05) is 37.5 Å². The van der Waals surface area contributed by atoms with Gasteiger partial charge < -0.3 is 14.8 Å². The molecule has 2 aliphatic rings. The Labute approximate surface area is 291 Å². The van der Waals surface area contributed by atoms with Gasteiger partial charge in [-0.2, -0.15) is 5.26 Å². The van der Waals surface area contributed by atoms with E-state index < -0.39 is 53.5 Å². The molecule has 2 amide bonds. The Bertz CT molecular complexity index is 1720. The number of pyridine rings is 1. The molecule has 262 valence electrons. The summed E-state index contributed by atoms with van der Waals surface area (Å²) in [6.45, 7) is 14.8. The van der Waals surface area contributed by atoms with Crippen molar-refractivity contribution in [1.29, 1.82) is 5.26 Å². The minimum atomic E-state index is -1.47. The van der Waals surface area contributed by atoms with E-state index in [1.54, 1.807) is 27.7 Å². The smallest absolute Gasteiger partial charge is 0.418 e. The van der Waals surface area contributed by atoms with Crippen LogP contribution in [0.25, 0.3) is 11.9 Å². The number of ether oxygens (including phenoxy) is 2. The Hall–Kier alpha value is -3.93. The van der Waals surface area contributed by atoms with Crippen LogP contribution in [0, 0.1) is 23.1 Å². The monoisotopic (exact) mass is 711 g/mol. The molecule has 1 saturated carbocycles. The molecule has 0 radical (unpaired) electrons. The predicted octanol–water partition coefficient (Wildman–Crippen LogP) is 6.89. The average molecular weight is 712 g/mol. The number of ketones is 1. The molecule has 49 heavy (non-hydrogen) atoms. The van der Waals surface area contributed by atoms with E-state index >= 15 is 8.78 Å². The van der Waals surface area contributed by atoms with Crippen molar-refractivity contribution in [3.63, 3.8) is 0 Å². The molecule has 1 aliphatic carbocycles. The fraction of sp³-hybridized carbons (Fsp3) is 0.486. The lowest BCUT2D eigenvalue weighted by molar-refractivity contribution is -0.124. The van der Waals surface area contributed by atoms with Gasteiger partial charge in [-0.25, -0.2) is 18.5 Å². The van der Waals surface area contributed by atoms with Gasteiger partial charge in [0, 0.05) is 32.4 Å². The number of hydrogen-bond acceptors (Lipinski definition) is 9. The molecule has 4 rings (SSSR count). The average Bonchev–Trinajstić information content (AvgIpc) is 3.76. The molecule has 1 fully saturated rings. The molecule has 10 nitrogen and oxygen atoms in total. The molecular weight excluding hydrogens is 669 g/mol. The van der Waals surface area contributed by atoms with Gasteiger partial charge in [0.25, 0.3) is 0 Å². The maximum absolute atomic E-state index is 15.9. The van der Waals surface area contributed by atoms with E-state index in [2.05, 4.69) is 29.9 Å². The zero-order chi connectivity index (χ0) is 36.4. The van der Waals surface area contributed by atoms with Crippen molar-refractivity contribution < 1.29 is 32.6 Å². The first-order valence-electron chi connectivity index (χ1n) is 16.0. The van der Waals surface area contributed by atoms with Gasteiger partial charge >= 0.3 is 6.09 Å². The van der Waals surface area contributed by atoms with Crippen LogP contribution in [-0.2, 0) is 24.6 Å². The quantitative estimate of drug-likeness (QED) is 0.151. The van der Waals surface area contributed by atoms with E-state index in [0.717, 1.165) is 17.8 Å². The summed E-state index contributed by atoms with van der Waals surface area (Å²) in [5, 5.41) is 11.8. The molecule has 1 aromatic carbocycles. The van der Waals surface area contributed by atoms with Gasteiger partial charge in [0.15, 0.2) is 5.17 Å². The summed E-state index contributed by atoms with van der Waals surface area (Å²) in [5.41, 5.74) is -1.59. The van der Waals surface area contributed by atoms with Gasteiger partial charge in [0.05, 0.1) is 23.3 Å². The lowest BCUT2D eigenvalue weighted by atomic mass is 9.84. The number of nitrogens with zero attached hydrogens (tertiary/aromatic N) is 4. The summed E-state index contributed by atoms with van der Waals surface area (Å²) in [7, 11) is -1.47. The van der Waals surface area contributed by atoms with E-state index in [9.17, 15) is 14.4 Å². The largest absolute Gasteiger partial charge is 0.443 e. The van der Waals surface area contributed by atoms with E-state index in [-0.39, 0.29) is 47.5 Å². The van der Waals surface area contributed by atoms with E-state index in [1.807, 2.05) is 6.07 Å². The summed E-state index contributed by atoms with van der Waals surface area (Å²) in [4.78, 5) is 49.4. The van der Waals surface area contributed by atoms with Gasteiger partial charge in [0.2, 0.25) is 5.91 Å².